The van der Waals surface area contributed by atoms with Crippen LogP contribution in [-0.4, -0.2) is 37.8 Å². The van der Waals surface area contributed by atoms with Gasteiger partial charge in [-0.1, -0.05) is 81.4 Å². The first-order valence-corrected chi connectivity index (χ1v) is 12.2. The van der Waals surface area contributed by atoms with Crippen LogP contribution in [0.2, 0.25) is 5.04 Å². The number of rotatable bonds is 6. The van der Waals surface area contributed by atoms with Crippen LogP contribution in [0.5, 0.6) is 0 Å². The van der Waals surface area contributed by atoms with E-state index in [1.54, 1.807) is 0 Å². The molecule has 3 rings (SSSR count). The summed E-state index contributed by atoms with van der Waals surface area (Å²) in [6, 6.07) is 21.4. The molecule has 1 fully saturated rings. The Labute approximate surface area is 170 Å². The summed E-state index contributed by atoms with van der Waals surface area (Å²) in [5.74, 6) is 0. The summed E-state index contributed by atoms with van der Waals surface area (Å²) in [6.07, 6.45) is 1.70. The van der Waals surface area contributed by atoms with Gasteiger partial charge in [0.25, 0.3) is 8.32 Å². The molecule has 0 aromatic heterocycles. The van der Waals surface area contributed by atoms with Crippen molar-refractivity contribution in [3.63, 3.8) is 0 Å². The van der Waals surface area contributed by atoms with Gasteiger partial charge in [-0.25, -0.2) is 0 Å². The van der Waals surface area contributed by atoms with Crippen molar-refractivity contribution >= 4 is 18.7 Å². The average molecular weight is 399 g/mol. The van der Waals surface area contributed by atoms with Crippen molar-refractivity contribution in [2.75, 3.05) is 6.61 Å². The molecule has 152 valence electrons. The molecule has 1 N–H and O–H groups in total. The lowest BCUT2D eigenvalue weighted by atomic mass is 9.99. The maximum absolute atomic E-state index is 10.3. The van der Waals surface area contributed by atoms with E-state index in [2.05, 4.69) is 81.4 Å². The number of hydrogen-bond acceptors (Lipinski definition) is 3. The van der Waals surface area contributed by atoms with Gasteiger partial charge in [0.05, 0.1) is 24.4 Å². The highest BCUT2D eigenvalue weighted by Gasteiger charge is 2.50. The van der Waals surface area contributed by atoms with Crippen LogP contribution < -0.4 is 10.4 Å². The molecule has 2 aromatic rings. The van der Waals surface area contributed by atoms with Crippen LogP contribution in [0.1, 0.15) is 47.5 Å². The third kappa shape index (κ3) is 4.25. The Bertz CT molecular complexity index is 707. The second kappa shape index (κ2) is 8.11. The zero-order valence-corrected chi connectivity index (χ0v) is 18.8. The summed E-state index contributed by atoms with van der Waals surface area (Å²) in [4.78, 5) is 0. The maximum atomic E-state index is 10.3. The van der Waals surface area contributed by atoms with Crippen LogP contribution in [0.15, 0.2) is 60.7 Å². The molecule has 0 radical (unpaired) electrons. The molecular formula is C24H34O3Si. The number of hydrogen-bond donors (Lipinski definition) is 1. The topological polar surface area (TPSA) is 38.7 Å². The second-order valence-electron chi connectivity index (χ2n) is 9.45. The zero-order valence-electron chi connectivity index (χ0n) is 17.8. The van der Waals surface area contributed by atoms with E-state index in [0.29, 0.717) is 6.61 Å². The van der Waals surface area contributed by atoms with Gasteiger partial charge in [0.1, 0.15) is 0 Å². The maximum Gasteiger partial charge on any atom is 0.261 e. The first-order valence-electron chi connectivity index (χ1n) is 10.3. The summed E-state index contributed by atoms with van der Waals surface area (Å²) >= 11 is 0. The van der Waals surface area contributed by atoms with Gasteiger partial charge in [-0.05, 0) is 42.1 Å². The fraction of sp³-hybridized carbons (Fsp3) is 0.500. The molecule has 0 saturated carbocycles. The van der Waals surface area contributed by atoms with Crippen LogP contribution in [0.4, 0.5) is 0 Å². The van der Waals surface area contributed by atoms with Gasteiger partial charge in [-0.3, -0.25) is 0 Å². The van der Waals surface area contributed by atoms with E-state index < -0.39 is 13.9 Å². The minimum absolute atomic E-state index is 0.0260. The fourth-order valence-corrected chi connectivity index (χ4v) is 8.92. The monoisotopic (exact) mass is 398 g/mol. The Morgan fingerprint density at radius 2 is 1.39 bits per heavy atom. The molecule has 4 heteroatoms. The predicted molar refractivity (Wildman–Crippen MR) is 118 cm³/mol. The van der Waals surface area contributed by atoms with Gasteiger partial charge in [0, 0.05) is 0 Å². The third-order valence-corrected chi connectivity index (χ3v) is 10.8. The lowest BCUT2D eigenvalue weighted by Crippen LogP contribution is -2.67. The molecule has 0 amide bonds. The molecule has 1 saturated heterocycles. The number of ether oxygens (including phenoxy) is 1. The summed E-state index contributed by atoms with van der Waals surface area (Å²) < 4.78 is 13.1. The normalized spacial score (nSPS) is 21.1. The average Bonchev–Trinajstić information content (AvgIpc) is 3.12. The third-order valence-electron chi connectivity index (χ3n) is 5.80. The fourth-order valence-electron chi connectivity index (χ4n) is 4.33. The Morgan fingerprint density at radius 3 is 1.79 bits per heavy atom. The van der Waals surface area contributed by atoms with Crippen molar-refractivity contribution in [3.05, 3.63) is 60.7 Å². The van der Waals surface area contributed by atoms with E-state index in [4.69, 9.17) is 9.16 Å². The quantitative estimate of drug-likeness (QED) is 0.751. The van der Waals surface area contributed by atoms with Crippen LogP contribution in [0, 0.1) is 0 Å². The molecular weight excluding hydrogens is 364 g/mol. The lowest BCUT2D eigenvalue weighted by Gasteiger charge is -2.43. The number of aliphatic hydroxyl groups is 1. The molecule has 0 spiro atoms. The molecule has 28 heavy (non-hydrogen) atoms. The Hall–Kier alpha value is -1.46. The molecule has 1 heterocycles. The molecule has 2 aromatic carbocycles. The van der Waals surface area contributed by atoms with Crippen molar-refractivity contribution in [3.8, 4) is 0 Å². The van der Waals surface area contributed by atoms with E-state index in [0.717, 1.165) is 12.8 Å². The second-order valence-corrected chi connectivity index (χ2v) is 13.8. The summed E-state index contributed by atoms with van der Waals surface area (Å²) in [5.41, 5.74) is -0.813. The van der Waals surface area contributed by atoms with Gasteiger partial charge in [-0.15, -0.1) is 0 Å². The molecule has 0 bridgehead atoms. The highest BCUT2D eigenvalue weighted by atomic mass is 28.4. The Morgan fingerprint density at radius 1 is 0.893 bits per heavy atom. The van der Waals surface area contributed by atoms with Crippen molar-refractivity contribution in [2.24, 2.45) is 0 Å². The van der Waals surface area contributed by atoms with Crippen LogP contribution in [-0.2, 0) is 9.16 Å². The molecule has 1 aliphatic rings. The zero-order chi connectivity index (χ0) is 20.4. The first-order chi connectivity index (χ1) is 13.1. The SMILES string of the molecule is CC(C)(O)[C@H]1CC[C@H](CO[Si](c2ccccc2)(c2ccccc2)C(C)(C)C)O1. The smallest absolute Gasteiger partial charge is 0.261 e. The summed E-state index contributed by atoms with van der Waals surface area (Å²) in [7, 11) is -2.53. The standard InChI is InChI=1S/C24H34O3Si/c1-23(2,3)28(20-12-8-6-9-13-20,21-14-10-7-11-15-21)26-18-19-16-17-22(27-19)24(4,5)25/h6-15,19,22,25H,16-18H2,1-5H3/t19-,22-/m1/s1. The lowest BCUT2D eigenvalue weighted by molar-refractivity contribution is -0.0898. The minimum atomic E-state index is -2.53. The Balaban J connectivity index is 1.94. The van der Waals surface area contributed by atoms with E-state index in [1.807, 2.05) is 13.8 Å². The van der Waals surface area contributed by atoms with Gasteiger partial charge >= 0.3 is 0 Å². The predicted octanol–water partition coefficient (Wildman–Crippen LogP) is 3.88. The van der Waals surface area contributed by atoms with Crippen LogP contribution >= 0.6 is 0 Å². The molecule has 2 atom stereocenters. The summed E-state index contributed by atoms with van der Waals surface area (Å²) in [5, 5.41) is 12.8. The van der Waals surface area contributed by atoms with Crippen molar-refractivity contribution in [1.82, 2.24) is 0 Å². The van der Waals surface area contributed by atoms with Gasteiger partial charge in [-0.2, -0.15) is 0 Å². The highest BCUT2D eigenvalue weighted by Crippen LogP contribution is 2.37. The number of benzene rings is 2. The van der Waals surface area contributed by atoms with E-state index in [1.165, 1.54) is 10.4 Å². The van der Waals surface area contributed by atoms with E-state index in [-0.39, 0.29) is 17.2 Å². The van der Waals surface area contributed by atoms with Crippen molar-refractivity contribution in [1.29, 1.82) is 0 Å². The van der Waals surface area contributed by atoms with E-state index >= 15 is 0 Å². The molecule has 1 aliphatic heterocycles. The van der Waals surface area contributed by atoms with Crippen LogP contribution in [0.25, 0.3) is 0 Å². The van der Waals surface area contributed by atoms with Crippen molar-refractivity contribution in [2.45, 2.75) is 70.3 Å². The summed E-state index contributed by atoms with van der Waals surface area (Å²) in [6.45, 7) is 11.1. The van der Waals surface area contributed by atoms with Gasteiger partial charge in [0.15, 0.2) is 0 Å². The van der Waals surface area contributed by atoms with Gasteiger partial charge < -0.3 is 14.3 Å². The molecule has 3 nitrogen and oxygen atoms in total. The molecule has 0 aliphatic carbocycles. The van der Waals surface area contributed by atoms with Crippen LogP contribution in [0.3, 0.4) is 0 Å². The van der Waals surface area contributed by atoms with E-state index in [9.17, 15) is 5.11 Å². The first kappa shape index (κ1) is 21.3. The highest BCUT2D eigenvalue weighted by molar-refractivity contribution is 6.99. The van der Waals surface area contributed by atoms with Gasteiger partial charge in [0.2, 0.25) is 0 Å². The largest absolute Gasteiger partial charge is 0.405 e. The minimum Gasteiger partial charge on any atom is -0.405 e. The van der Waals surface area contributed by atoms with Crippen molar-refractivity contribution < 1.29 is 14.3 Å². The Kier molecular flexibility index (Phi) is 6.16. The molecule has 0 unspecified atom stereocenters.